The van der Waals surface area contributed by atoms with Gasteiger partial charge < -0.3 is 14.6 Å². The van der Waals surface area contributed by atoms with Crippen LogP contribution in [0.1, 0.15) is 19.4 Å². The fourth-order valence-electron chi connectivity index (χ4n) is 2.08. The van der Waals surface area contributed by atoms with Crippen LogP contribution in [0.3, 0.4) is 0 Å². The zero-order chi connectivity index (χ0) is 17.9. The van der Waals surface area contributed by atoms with Crippen LogP contribution in [0, 0.1) is 0 Å². The molecule has 0 unspecified atom stereocenters. The van der Waals surface area contributed by atoms with E-state index in [1.165, 1.54) is 0 Å². The molecule has 1 heterocycles. The van der Waals surface area contributed by atoms with Crippen LogP contribution in [0.15, 0.2) is 23.1 Å². The van der Waals surface area contributed by atoms with Gasteiger partial charge in [0.25, 0.3) is 5.91 Å². The number of carbonyl (C=O) groups is 2. The van der Waals surface area contributed by atoms with Gasteiger partial charge in [0.1, 0.15) is 10.9 Å². The third-order valence-electron chi connectivity index (χ3n) is 3.04. The van der Waals surface area contributed by atoms with E-state index in [-0.39, 0.29) is 10.4 Å². The Morgan fingerprint density at radius 1 is 1.46 bits per heavy atom. The minimum absolute atomic E-state index is 0.0741. The summed E-state index contributed by atoms with van der Waals surface area (Å²) in [7, 11) is 1.54. The number of ether oxygens (including phenoxy) is 2. The topological polar surface area (TPSA) is 76.1 Å². The molecule has 0 spiro atoms. The van der Waals surface area contributed by atoms with Gasteiger partial charge in [-0.15, -0.1) is 0 Å². The number of amides is 1. The fourth-order valence-corrected chi connectivity index (χ4v) is 3.33. The molecule has 0 bridgehead atoms. The second kappa shape index (κ2) is 7.67. The van der Waals surface area contributed by atoms with Crippen molar-refractivity contribution in [1.82, 2.24) is 4.90 Å². The number of benzene rings is 1. The lowest BCUT2D eigenvalue weighted by molar-refractivity contribution is -0.140. The van der Waals surface area contributed by atoms with E-state index < -0.39 is 18.4 Å². The van der Waals surface area contributed by atoms with Crippen LogP contribution in [-0.4, -0.2) is 46.0 Å². The first-order chi connectivity index (χ1) is 11.3. The molecule has 1 fully saturated rings. The van der Waals surface area contributed by atoms with E-state index in [1.807, 2.05) is 13.8 Å². The molecule has 0 aliphatic carbocycles. The van der Waals surface area contributed by atoms with Gasteiger partial charge in [-0.2, -0.15) is 0 Å². The Labute approximate surface area is 149 Å². The summed E-state index contributed by atoms with van der Waals surface area (Å²) in [6.45, 7) is 3.33. The van der Waals surface area contributed by atoms with Crippen LogP contribution in [0.4, 0.5) is 0 Å². The molecular formula is C16H17NO5S2. The lowest BCUT2D eigenvalue weighted by Crippen LogP contribution is -2.33. The van der Waals surface area contributed by atoms with Gasteiger partial charge in [0.05, 0.1) is 18.1 Å². The average molecular weight is 367 g/mol. The Hall–Kier alpha value is -2.06. The molecule has 1 aliphatic heterocycles. The van der Waals surface area contributed by atoms with Crippen molar-refractivity contribution in [3.05, 3.63) is 28.7 Å². The molecule has 2 rings (SSSR count). The van der Waals surface area contributed by atoms with Crippen LogP contribution in [0.2, 0.25) is 0 Å². The Balaban J connectivity index is 2.39. The molecule has 8 heteroatoms. The number of methoxy groups -OCH3 is 1. The van der Waals surface area contributed by atoms with E-state index in [2.05, 4.69) is 0 Å². The van der Waals surface area contributed by atoms with Crippen LogP contribution in [-0.2, 0) is 9.59 Å². The number of carboxylic acids is 1. The normalized spacial score (nSPS) is 16.2. The number of thiocarbonyl (C=S) groups is 1. The summed E-state index contributed by atoms with van der Waals surface area (Å²) in [4.78, 5) is 24.6. The molecule has 1 amide bonds. The maximum atomic E-state index is 12.4. The Morgan fingerprint density at radius 3 is 2.75 bits per heavy atom. The number of carbonyl (C=O) groups excluding carboxylic acids is 1. The molecule has 0 atom stereocenters. The molecule has 1 aromatic rings. The minimum atomic E-state index is -1.11. The van der Waals surface area contributed by atoms with Gasteiger partial charge in [0.2, 0.25) is 0 Å². The molecular weight excluding hydrogens is 350 g/mol. The smallest absolute Gasteiger partial charge is 0.323 e. The highest BCUT2D eigenvalue weighted by atomic mass is 32.2. The quantitative estimate of drug-likeness (QED) is 0.612. The standard InChI is InChI=1S/C16H17NO5S2/c1-9(2)22-14-10(5-4-6-11(14)21-3)7-12-15(20)17(8-13(18)19)16(23)24-12/h4-7,9H,8H2,1-3H3,(H,18,19)/b12-7-. The molecule has 1 aromatic carbocycles. The van der Waals surface area contributed by atoms with E-state index in [0.29, 0.717) is 22.0 Å². The predicted molar refractivity (Wildman–Crippen MR) is 96.3 cm³/mol. The minimum Gasteiger partial charge on any atom is -0.493 e. The monoisotopic (exact) mass is 367 g/mol. The van der Waals surface area contributed by atoms with Crippen molar-refractivity contribution in [2.45, 2.75) is 20.0 Å². The van der Waals surface area contributed by atoms with Gasteiger partial charge in [-0.3, -0.25) is 14.5 Å². The van der Waals surface area contributed by atoms with Crippen molar-refractivity contribution in [1.29, 1.82) is 0 Å². The summed E-state index contributed by atoms with van der Waals surface area (Å²) in [5.41, 5.74) is 0.666. The highest BCUT2D eigenvalue weighted by molar-refractivity contribution is 8.26. The molecule has 1 N–H and O–H groups in total. The van der Waals surface area contributed by atoms with E-state index >= 15 is 0 Å². The first-order valence-electron chi connectivity index (χ1n) is 7.14. The van der Waals surface area contributed by atoms with Crippen LogP contribution in [0.5, 0.6) is 11.5 Å². The number of nitrogens with zero attached hydrogens (tertiary/aromatic N) is 1. The lowest BCUT2D eigenvalue weighted by Gasteiger charge is -2.16. The summed E-state index contributed by atoms with van der Waals surface area (Å²) in [6, 6.07) is 5.35. The number of thioether (sulfide) groups is 1. The zero-order valence-electron chi connectivity index (χ0n) is 13.4. The highest BCUT2D eigenvalue weighted by Crippen LogP contribution is 2.37. The van der Waals surface area contributed by atoms with E-state index in [0.717, 1.165) is 16.7 Å². The number of rotatable bonds is 6. The van der Waals surface area contributed by atoms with Gasteiger partial charge in [-0.25, -0.2) is 0 Å². The first-order valence-corrected chi connectivity index (χ1v) is 8.36. The lowest BCUT2D eigenvalue weighted by atomic mass is 10.1. The van der Waals surface area contributed by atoms with Crippen molar-refractivity contribution < 1.29 is 24.2 Å². The zero-order valence-corrected chi connectivity index (χ0v) is 15.1. The molecule has 0 saturated carbocycles. The predicted octanol–water partition coefficient (Wildman–Crippen LogP) is 2.77. The first kappa shape index (κ1) is 18.3. The molecule has 6 nitrogen and oxygen atoms in total. The molecule has 24 heavy (non-hydrogen) atoms. The molecule has 1 saturated heterocycles. The number of aliphatic carboxylic acids is 1. The SMILES string of the molecule is COc1cccc(/C=C2\SC(=S)N(CC(=O)O)C2=O)c1OC(C)C. The van der Waals surface area contributed by atoms with E-state index in [4.69, 9.17) is 26.8 Å². The molecule has 0 radical (unpaired) electrons. The summed E-state index contributed by atoms with van der Waals surface area (Å²) < 4.78 is 11.3. The molecule has 1 aliphatic rings. The van der Waals surface area contributed by atoms with Gasteiger partial charge in [0.15, 0.2) is 11.5 Å². The van der Waals surface area contributed by atoms with Crippen molar-refractivity contribution >= 4 is 46.3 Å². The van der Waals surface area contributed by atoms with Gasteiger partial charge in [-0.05, 0) is 26.0 Å². The summed E-state index contributed by atoms with van der Waals surface area (Å²) in [6.07, 6.45) is 1.57. The summed E-state index contributed by atoms with van der Waals surface area (Å²) >= 11 is 6.16. The average Bonchev–Trinajstić information content (AvgIpc) is 2.75. The third kappa shape index (κ3) is 4.07. The third-order valence-corrected chi connectivity index (χ3v) is 4.41. The second-order valence-electron chi connectivity index (χ2n) is 5.21. The van der Waals surface area contributed by atoms with Crippen molar-refractivity contribution in [2.75, 3.05) is 13.7 Å². The van der Waals surface area contributed by atoms with E-state index in [9.17, 15) is 9.59 Å². The largest absolute Gasteiger partial charge is 0.493 e. The Bertz CT molecular complexity index is 714. The maximum Gasteiger partial charge on any atom is 0.323 e. The molecule has 0 aromatic heterocycles. The molecule has 128 valence electrons. The van der Waals surface area contributed by atoms with Crippen molar-refractivity contribution in [2.24, 2.45) is 0 Å². The number of hydrogen-bond acceptors (Lipinski definition) is 6. The fraction of sp³-hybridized carbons (Fsp3) is 0.312. The number of carboxylic acid groups (broad SMARTS) is 1. The number of para-hydroxylation sites is 1. The van der Waals surface area contributed by atoms with Crippen LogP contribution >= 0.6 is 24.0 Å². The van der Waals surface area contributed by atoms with E-state index in [1.54, 1.807) is 31.4 Å². The number of hydrogen-bond donors (Lipinski definition) is 1. The Kier molecular flexibility index (Phi) is 5.84. The summed E-state index contributed by atoms with van der Waals surface area (Å²) in [5, 5.41) is 8.88. The second-order valence-corrected chi connectivity index (χ2v) is 6.88. The van der Waals surface area contributed by atoms with Crippen LogP contribution < -0.4 is 9.47 Å². The van der Waals surface area contributed by atoms with Crippen molar-refractivity contribution in [3.8, 4) is 11.5 Å². The Morgan fingerprint density at radius 2 is 2.17 bits per heavy atom. The van der Waals surface area contributed by atoms with Crippen LogP contribution in [0.25, 0.3) is 6.08 Å². The van der Waals surface area contributed by atoms with Gasteiger partial charge in [0, 0.05) is 5.56 Å². The summed E-state index contributed by atoms with van der Waals surface area (Å²) in [5.74, 6) is -0.458. The highest BCUT2D eigenvalue weighted by Gasteiger charge is 2.33. The van der Waals surface area contributed by atoms with Crippen molar-refractivity contribution in [3.63, 3.8) is 0 Å². The maximum absolute atomic E-state index is 12.4. The van der Waals surface area contributed by atoms with Gasteiger partial charge >= 0.3 is 5.97 Å². The van der Waals surface area contributed by atoms with Gasteiger partial charge in [-0.1, -0.05) is 36.1 Å².